The smallest absolute Gasteiger partial charge is 0.347 e. The lowest BCUT2D eigenvalue weighted by Crippen LogP contribution is -2.43. The van der Waals surface area contributed by atoms with E-state index in [0.29, 0.717) is 24.2 Å². The molecule has 0 bridgehead atoms. The van der Waals surface area contributed by atoms with Gasteiger partial charge in [-0.15, -0.1) is 0 Å². The standard InChI is InChI=1S/C24H30F2O3/c1-22(2,3)23(4,5)13-14-24(6,21(27)28)29-18-10-7-16(8-11-18)19-12-9-17(25)15-20(19)26/h7-12,15H,13-14H2,1-6H3,(H,27,28). The van der Waals surface area contributed by atoms with Crippen LogP contribution in [0.15, 0.2) is 42.5 Å². The number of benzene rings is 2. The first-order valence-electron chi connectivity index (χ1n) is 9.73. The number of carboxylic acids is 1. The van der Waals surface area contributed by atoms with E-state index in [4.69, 9.17) is 4.74 Å². The summed E-state index contributed by atoms with van der Waals surface area (Å²) in [6.07, 6.45) is 1.03. The number of ether oxygens (including phenoxy) is 1. The third-order valence-corrected chi connectivity index (χ3v) is 6.15. The second kappa shape index (κ2) is 8.13. The molecule has 1 atom stereocenters. The van der Waals surface area contributed by atoms with Crippen LogP contribution in [0.25, 0.3) is 11.1 Å². The van der Waals surface area contributed by atoms with Crippen molar-refractivity contribution < 1.29 is 23.4 Å². The monoisotopic (exact) mass is 404 g/mol. The Morgan fingerprint density at radius 3 is 2.00 bits per heavy atom. The molecule has 0 amide bonds. The van der Waals surface area contributed by atoms with Gasteiger partial charge < -0.3 is 9.84 Å². The number of aliphatic carboxylic acids is 1. The Morgan fingerprint density at radius 1 is 0.931 bits per heavy atom. The van der Waals surface area contributed by atoms with Gasteiger partial charge >= 0.3 is 5.97 Å². The fourth-order valence-electron chi connectivity index (χ4n) is 2.81. The van der Waals surface area contributed by atoms with Gasteiger partial charge in [0.25, 0.3) is 0 Å². The molecule has 2 aromatic carbocycles. The normalized spacial score (nSPS) is 14.3. The van der Waals surface area contributed by atoms with Gasteiger partial charge in [0.1, 0.15) is 17.4 Å². The van der Waals surface area contributed by atoms with Crippen molar-refractivity contribution in [2.24, 2.45) is 10.8 Å². The highest BCUT2D eigenvalue weighted by Crippen LogP contribution is 2.43. The molecular formula is C24H30F2O3. The summed E-state index contributed by atoms with van der Waals surface area (Å²) in [4.78, 5) is 11.9. The van der Waals surface area contributed by atoms with Gasteiger partial charge in [0.2, 0.25) is 5.60 Å². The van der Waals surface area contributed by atoms with Crippen LogP contribution in [0.1, 0.15) is 54.4 Å². The zero-order chi connectivity index (χ0) is 22.0. The SMILES string of the molecule is CC(CCC(C)(C)C(C)(C)C)(Oc1ccc(-c2ccc(F)cc2F)cc1)C(=O)O. The van der Waals surface area contributed by atoms with Crippen LogP contribution in [0.5, 0.6) is 5.75 Å². The number of carboxylic acid groups (broad SMARTS) is 1. The third-order valence-electron chi connectivity index (χ3n) is 6.15. The molecular weight excluding hydrogens is 374 g/mol. The summed E-state index contributed by atoms with van der Waals surface area (Å²) in [5, 5.41) is 9.78. The van der Waals surface area contributed by atoms with Crippen molar-refractivity contribution in [3.63, 3.8) is 0 Å². The fourth-order valence-corrected chi connectivity index (χ4v) is 2.81. The van der Waals surface area contributed by atoms with E-state index >= 15 is 0 Å². The highest BCUT2D eigenvalue weighted by molar-refractivity contribution is 5.77. The predicted molar refractivity (Wildman–Crippen MR) is 111 cm³/mol. The van der Waals surface area contributed by atoms with Crippen molar-refractivity contribution in [2.75, 3.05) is 0 Å². The van der Waals surface area contributed by atoms with Crippen molar-refractivity contribution in [3.8, 4) is 16.9 Å². The minimum absolute atomic E-state index is 0.0211. The van der Waals surface area contributed by atoms with E-state index < -0.39 is 23.2 Å². The van der Waals surface area contributed by atoms with Gasteiger partial charge in [-0.3, -0.25) is 0 Å². The van der Waals surface area contributed by atoms with Crippen molar-refractivity contribution in [2.45, 2.75) is 60.0 Å². The number of halogens is 2. The van der Waals surface area contributed by atoms with Crippen LogP contribution in [-0.2, 0) is 4.79 Å². The lowest BCUT2D eigenvalue weighted by Gasteiger charge is -2.41. The Hall–Kier alpha value is -2.43. The van der Waals surface area contributed by atoms with Gasteiger partial charge in [-0.1, -0.05) is 46.8 Å². The van der Waals surface area contributed by atoms with Gasteiger partial charge in [-0.25, -0.2) is 13.6 Å². The van der Waals surface area contributed by atoms with Crippen molar-refractivity contribution >= 4 is 5.97 Å². The topological polar surface area (TPSA) is 46.5 Å². The summed E-state index contributed by atoms with van der Waals surface area (Å²) in [6.45, 7) is 12.2. The summed E-state index contributed by atoms with van der Waals surface area (Å²) >= 11 is 0. The second-order valence-electron chi connectivity index (χ2n) is 9.42. The van der Waals surface area contributed by atoms with E-state index in [2.05, 4.69) is 34.6 Å². The molecule has 5 heteroatoms. The van der Waals surface area contributed by atoms with Crippen molar-refractivity contribution in [1.29, 1.82) is 0 Å². The molecule has 1 N–H and O–H groups in total. The molecule has 158 valence electrons. The summed E-state index contributed by atoms with van der Waals surface area (Å²) in [5.74, 6) is -1.94. The van der Waals surface area contributed by atoms with E-state index in [1.807, 2.05) is 0 Å². The van der Waals surface area contributed by atoms with Crippen molar-refractivity contribution in [3.05, 3.63) is 54.1 Å². The first-order valence-corrected chi connectivity index (χ1v) is 9.73. The lowest BCUT2D eigenvalue weighted by molar-refractivity contribution is -0.155. The first-order chi connectivity index (χ1) is 13.2. The molecule has 0 saturated carbocycles. The minimum Gasteiger partial charge on any atom is -0.478 e. The molecule has 3 nitrogen and oxygen atoms in total. The molecule has 0 aliphatic rings. The molecule has 0 heterocycles. The Morgan fingerprint density at radius 2 is 1.52 bits per heavy atom. The zero-order valence-corrected chi connectivity index (χ0v) is 18.0. The molecule has 1 unspecified atom stereocenters. The maximum Gasteiger partial charge on any atom is 0.347 e. The highest BCUT2D eigenvalue weighted by Gasteiger charge is 2.40. The van der Waals surface area contributed by atoms with Crippen LogP contribution in [0, 0.1) is 22.5 Å². The van der Waals surface area contributed by atoms with Crippen LogP contribution in [0.3, 0.4) is 0 Å². The van der Waals surface area contributed by atoms with E-state index in [-0.39, 0.29) is 16.4 Å². The Balaban J connectivity index is 2.19. The van der Waals surface area contributed by atoms with E-state index in [1.165, 1.54) is 12.1 Å². The number of hydrogen-bond acceptors (Lipinski definition) is 2. The second-order valence-corrected chi connectivity index (χ2v) is 9.42. The van der Waals surface area contributed by atoms with Gasteiger partial charge in [0.05, 0.1) is 0 Å². The lowest BCUT2D eigenvalue weighted by atomic mass is 9.66. The quantitative estimate of drug-likeness (QED) is 0.558. The summed E-state index contributed by atoms with van der Waals surface area (Å²) in [6, 6.07) is 9.87. The summed E-state index contributed by atoms with van der Waals surface area (Å²) in [7, 11) is 0. The minimum atomic E-state index is -1.38. The molecule has 0 aromatic heterocycles. The molecule has 2 rings (SSSR count). The fraction of sp³-hybridized carbons (Fsp3) is 0.458. The molecule has 0 aliphatic carbocycles. The molecule has 0 aliphatic heterocycles. The van der Waals surface area contributed by atoms with Crippen LogP contribution in [-0.4, -0.2) is 16.7 Å². The summed E-state index contributed by atoms with van der Waals surface area (Å²) in [5.41, 5.74) is -0.609. The van der Waals surface area contributed by atoms with Gasteiger partial charge in [-0.05, 0) is 60.4 Å². The molecule has 0 spiro atoms. The van der Waals surface area contributed by atoms with Gasteiger partial charge in [0, 0.05) is 11.6 Å². The average molecular weight is 404 g/mol. The Labute approximate surface area is 171 Å². The third kappa shape index (κ3) is 5.34. The van der Waals surface area contributed by atoms with E-state index in [1.54, 1.807) is 31.2 Å². The van der Waals surface area contributed by atoms with Crippen LogP contribution < -0.4 is 4.74 Å². The molecule has 0 radical (unpaired) electrons. The van der Waals surface area contributed by atoms with Gasteiger partial charge in [0.15, 0.2) is 0 Å². The average Bonchev–Trinajstić information content (AvgIpc) is 2.60. The molecule has 0 saturated heterocycles. The molecule has 2 aromatic rings. The van der Waals surface area contributed by atoms with Crippen molar-refractivity contribution in [1.82, 2.24) is 0 Å². The summed E-state index contributed by atoms with van der Waals surface area (Å²) < 4.78 is 32.9. The number of rotatable bonds is 7. The molecule has 29 heavy (non-hydrogen) atoms. The Kier molecular flexibility index (Phi) is 6.41. The van der Waals surface area contributed by atoms with E-state index in [9.17, 15) is 18.7 Å². The maximum atomic E-state index is 14.0. The first kappa shape index (κ1) is 22.9. The Bertz CT molecular complexity index is 867. The van der Waals surface area contributed by atoms with Crippen LogP contribution in [0.2, 0.25) is 0 Å². The molecule has 0 fully saturated rings. The highest BCUT2D eigenvalue weighted by atomic mass is 19.1. The number of carbonyl (C=O) groups is 1. The maximum absolute atomic E-state index is 14.0. The van der Waals surface area contributed by atoms with E-state index in [0.717, 1.165) is 6.07 Å². The zero-order valence-electron chi connectivity index (χ0n) is 18.0. The van der Waals surface area contributed by atoms with Crippen LogP contribution >= 0.6 is 0 Å². The van der Waals surface area contributed by atoms with Crippen LogP contribution in [0.4, 0.5) is 8.78 Å². The largest absolute Gasteiger partial charge is 0.478 e. The van der Waals surface area contributed by atoms with Gasteiger partial charge in [-0.2, -0.15) is 0 Å². The predicted octanol–water partition coefficient (Wildman–Crippen LogP) is 6.71. The number of hydrogen-bond donors (Lipinski definition) is 1.